The van der Waals surface area contributed by atoms with E-state index < -0.39 is 17.1 Å². The highest BCUT2D eigenvalue weighted by Gasteiger charge is 2.48. The Balaban J connectivity index is 3.62. The topological polar surface area (TPSA) is 36.9 Å². The molecule has 0 atom stereocenters. The summed E-state index contributed by atoms with van der Waals surface area (Å²) in [5.74, 6) is -0.0956. The maximum atomic E-state index is 5.93. The fourth-order valence-electron chi connectivity index (χ4n) is 3.66. The first-order valence-electron chi connectivity index (χ1n) is 8.97. The second-order valence-corrected chi connectivity index (χ2v) is 14.8. The van der Waals surface area contributed by atoms with Gasteiger partial charge in [0.25, 0.3) is 0 Å². The number of allylic oxidation sites excluding steroid dienone is 2. The van der Waals surface area contributed by atoms with Gasteiger partial charge in [-0.25, -0.2) is 0 Å². The van der Waals surface area contributed by atoms with E-state index in [-0.39, 0.29) is 5.92 Å². The molecule has 0 heterocycles. The van der Waals surface area contributed by atoms with Crippen LogP contribution in [0, 0.1) is 0 Å². The van der Waals surface area contributed by atoms with Gasteiger partial charge in [0.05, 0.1) is 0 Å². The van der Waals surface area contributed by atoms with E-state index in [2.05, 4.69) is 51.3 Å². The third kappa shape index (κ3) is 4.19. The molecular formula is C19H34O4Si3. The molecule has 0 bridgehead atoms. The molecule has 0 unspecified atom stereocenters. The molecule has 26 heavy (non-hydrogen) atoms. The quantitative estimate of drug-likeness (QED) is 0.525. The molecule has 146 valence electrons. The Morgan fingerprint density at radius 1 is 0.885 bits per heavy atom. The molecule has 0 saturated heterocycles. The van der Waals surface area contributed by atoms with Crippen LogP contribution in [-0.2, 0) is 17.7 Å². The highest BCUT2D eigenvalue weighted by molar-refractivity contribution is 6.78. The number of rotatable bonds is 11. The third-order valence-corrected chi connectivity index (χ3v) is 13.4. The van der Waals surface area contributed by atoms with Crippen LogP contribution >= 0.6 is 0 Å². The summed E-state index contributed by atoms with van der Waals surface area (Å²) < 4.78 is 23.7. The average molecular weight is 411 g/mol. The molecule has 1 aromatic rings. The second-order valence-electron chi connectivity index (χ2n) is 6.37. The third-order valence-electron chi connectivity index (χ3n) is 5.42. The van der Waals surface area contributed by atoms with Crippen molar-refractivity contribution in [1.82, 2.24) is 0 Å². The Morgan fingerprint density at radius 3 is 1.58 bits per heavy atom. The minimum atomic E-state index is -2.60. The maximum absolute atomic E-state index is 5.93. The smallest absolute Gasteiger partial charge is 0.367 e. The fraction of sp³-hybridized carbons (Fsp3) is 0.474. The molecule has 0 radical (unpaired) electrons. The minimum absolute atomic E-state index is 0.0956. The first kappa shape index (κ1) is 23.2. The molecule has 7 heteroatoms. The van der Waals surface area contributed by atoms with Gasteiger partial charge >= 0.3 is 17.1 Å². The number of benzene rings is 1. The van der Waals surface area contributed by atoms with E-state index in [1.165, 1.54) is 10.8 Å². The van der Waals surface area contributed by atoms with Gasteiger partial charge in [-0.15, -0.1) is 0 Å². The summed E-state index contributed by atoms with van der Waals surface area (Å²) in [6.45, 7) is 13.1. The van der Waals surface area contributed by atoms with Crippen LogP contribution in [0.25, 0.3) is 0 Å². The Hall–Kier alpha value is -0.809. The van der Waals surface area contributed by atoms with Crippen LogP contribution in [0.15, 0.2) is 47.8 Å². The van der Waals surface area contributed by atoms with Gasteiger partial charge in [-0.2, -0.15) is 0 Å². The summed E-state index contributed by atoms with van der Waals surface area (Å²) in [4.78, 5) is 0. The SMILES string of the molecule is C=C(C(C(=C)[Si](CC)(OC)OC)c1ccccc1[SiH3])[Si](CC)(OC)OC. The van der Waals surface area contributed by atoms with Crippen molar-refractivity contribution in [2.24, 2.45) is 0 Å². The van der Waals surface area contributed by atoms with Gasteiger partial charge in [-0.1, -0.05) is 56.5 Å². The van der Waals surface area contributed by atoms with Crippen molar-refractivity contribution in [1.29, 1.82) is 0 Å². The lowest BCUT2D eigenvalue weighted by molar-refractivity contribution is 0.246. The number of hydrogen-bond donors (Lipinski definition) is 0. The molecule has 0 saturated carbocycles. The van der Waals surface area contributed by atoms with Gasteiger partial charge in [-0.05, 0) is 28.0 Å². The lowest BCUT2D eigenvalue weighted by Gasteiger charge is -2.39. The summed E-state index contributed by atoms with van der Waals surface area (Å²) in [5.41, 5.74) is 1.22. The zero-order chi connectivity index (χ0) is 20.0. The lowest BCUT2D eigenvalue weighted by atomic mass is 9.98. The largest absolute Gasteiger partial charge is 0.394 e. The van der Waals surface area contributed by atoms with Gasteiger partial charge in [0.15, 0.2) is 0 Å². The molecule has 0 aliphatic rings. The van der Waals surface area contributed by atoms with Gasteiger partial charge in [0.1, 0.15) is 0 Å². The van der Waals surface area contributed by atoms with E-state index in [9.17, 15) is 0 Å². The van der Waals surface area contributed by atoms with E-state index in [4.69, 9.17) is 17.7 Å². The molecular weight excluding hydrogens is 376 g/mol. The molecule has 0 spiro atoms. The molecule has 0 amide bonds. The van der Waals surface area contributed by atoms with Gasteiger partial charge in [0.2, 0.25) is 0 Å². The molecule has 0 aromatic heterocycles. The summed E-state index contributed by atoms with van der Waals surface area (Å²) in [7, 11) is 2.60. The Labute approximate surface area is 164 Å². The molecule has 0 aliphatic carbocycles. The number of hydrogen-bond acceptors (Lipinski definition) is 4. The maximum Gasteiger partial charge on any atom is 0.367 e. The van der Waals surface area contributed by atoms with Crippen LogP contribution in [-0.4, -0.2) is 55.8 Å². The first-order chi connectivity index (χ1) is 12.3. The van der Waals surface area contributed by atoms with Crippen molar-refractivity contribution < 1.29 is 17.7 Å². The predicted octanol–water partition coefficient (Wildman–Crippen LogP) is 2.46. The zero-order valence-electron chi connectivity index (χ0n) is 17.3. The van der Waals surface area contributed by atoms with Crippen molar-refractivity contribution in [2.75, 3.05) is 28.4 Å². The van der Waals surface area contributed by atoms with Crippen LogP contribution in [0.4, 0.5) is 0 Å². The fourth-order valence-corrected chi connectivity index (χ4v) is 9.44. The Kier molecular flexibility index (Phi) is 8.87. The molecule has 0 aliphatic heterocycles. The summed E-state index contributed by atoms with van der Waals surface area (Å²) >= 11 is 0. The van der Waals surface area contributed by atoms with E-state index in [0.29, 0.717) is 0 Å². The van der Waals surface area contributed by atoms with Crippen molar-refractivity contribution in [2.45, 2.75) is 31.9 Å². The second kappa shape index (κ2) is 9.93. The normalized spacial score (nSPS) is 12.6. The standard InChI is InChI=1S/C19H34O4Si3/c1-9-25(20-5,21-6)15(3)19(17-13-11-12-14-18(17)24)16(4)26(10-2,22-7)23-8/h11-14,19H,3-4,9-10H2,1-2,5-8,24H3. The van der Waals surface area contributed by atoms with Crippen LogP contribution in [0.5, 0.6) is 0 Å². The van der Waals surface area contributed by atoms with Crippen LogP contribution in [0.1, 0.15) is 25.3 Å². The minimum Gasteiger partial charge on any atom is -0.394 e. The van der Waals surface area contributed by atoms with Crippen molar-refractivity contribution in [3.05, 3.63) is 53.4 Å². The van der Waals surface area contributed by atoms with Gasteiger partial charge in [0, 0.05) is 44.6 Å². The summed E-state index contributed by atoms with van der Waals surface area (Å²) in [6.07, 6.45) is 0. The van der Waals surface area contributed by atoms with Crippen LogP contribution in [0.3, 0.4) is 0 Å². The van der Waals surface area contributed by atoms with Gasteiger partial charge in [-0.3, -0.25) is 0 Å². The van der Waals surface area contributed by atoms with Crippen molar-refractivity contribution >= 4 is 32.6 Å². The lowest BCUT2D eigenvalue weighted by Crippen LogP contribution is -2.49. The molecule has 1 rings (SSSR count). The molecule has 0 N–H and O–H groups in total. The highest BCUT2D eigenvalue weighted by Crippen LogP contribution is 2.41. The monoisotopic (exact) mass is 410 g/mol. The van der Waals surface area contributed by atoms with Crippen LogP contribution < -0.4 is 5.19 Å². The van der Waals surface area contributed by atoms with Crippen molar-refractivity contribution in [3.63, 3.8) is 0 Å². The zero-order valence-corrected chi connectivity index (χ0v) is 21.3. The van der Waals surface area contributed by atoms with Gasteiger partial charge < -0.3 is 17.7 Å². The van der Waals surface area contributed by atoms with Crippen molar-refractivity contribution in [3.8, 4) is 0 Å². The summed E-state index contributed by atoms with van der Waals surface area (Å²) in [5, 5.41) is 3.26. The van der Waals surface area contributed by atoms with E-state index in [1.807, 2.05) is 0 Å². The first-order valence-corrected chi connectivity index (χ1v) is 14.0. The predicted molar refractivity (Wildman–Crippen MR) is 118 cm³/mol. The van der Waals surface area contributed by atoms with Crippen LogP contribution in [0.2, 0.25) is 12.1 Å². The summed E-state index contributed by atoms with van der Waals surface area (Å²) in [6, 6.07) is 10.0. The molecule has 4 nitrogen and oxygen atoms in total. The highest BCUT2D eigenvalue weighted by atomic mass is 28.4. The van der Waals surface area contributed by atoms with E-state index in [1.54, 1.807) is 28.4 Å². The molecule has 1 aromatic carbocycles. The average Bonchev–Trinajstić information content (AvgIpc) is 2.67. The Morgan fingerprint density at radius 2 is 1.27 bits per heavy atom. The Bertz CT molecular complexity index is 576. The van der Waals surface area contributed by atoms with E-state index >= 15 is 0 Å². The van der Waals surface area contributed by atoms with E-state index in [0.717, 1.165) is 32.7 Å². The molecule has 0 fully saturated rings.